The first-order valence-electron chi connectivity index (χ1n) is 10.7. The Kier molecular flexibility index (Phi) is 6.30. The van der Waals surface area contributed by atoms with Crippen molar-refractivity contribution in [1.82, 2.24) is 10.2 Å². The van der Waals surface area contributed by atoms with E-state index in [4.69, 9.17) is 15.2 Å². The molecule has 1 aliphatic rings. The molecule has 11 heteroatoms. The Morgan fingerprint density at radius 2 is 1.50 bits per heavy atom. The Hall–Kier alpha value is -4.93. The average molecular weight is 490 g/mol. The van der Waals surface area contributed by atoms with Gasteiger partial charge >= 0.3 is 6.03 Å². The van der Waals surface area contributed by atoms with Crippen molar-refractivity contribution in [2.24, 2.45) is 5.73 Å². The molecule has 4 rings (SSSR count). The second-order valence-electron chi connectivity index (χ2n) is 7.99. The van der Waals surface area contributed by atoms with E-state index in [-0.39, 0.29) is 11.1 Å². The Morgan fingerprint density at radius 1 is 0.972 bits per heavy atom. The minimum atomic E-state index is -1.60. The summed E-state index contributed by atoms with van der Waals surface area (Å²) in [7, 11) is 3.02. The lowest BCUT2D eigenvalue weighted by Crippen LogP contribution is -2.45. The standard InChI is InChI=1S/C25H22N4O7/c1-35-19-9-5-17(6-10-19)25(18-7-11-20(36-2)12-8-18)23(31)28(24(32)27-25)14-16-4-3-15(22(26)30)13-21(16)29(33)34/h3-13H,14H2,1-2H3,(H2,26,30)(H,27,32). The summed E-state index contributed by atoms with van der Waals surface area (Å²) in [6.07, 6.45) is 0. The van der Waals surface area contributed by atoms with Gasteiger partial charge in [0, 0.05) is 17.2 Å². The highest BCUT2D eigenvalue weighted by Crippen LogP contribution is 2.38. The number of hydrogen-bond donors (Lipinski definition) is 2. The third kappa shape index (κ3) is 4.06. The highest BCUT2D eigenvalue weighted by atomic mass is 16.6. The number of benzene rings is 3. The van der Waals surface area contributed by atoms with Crippen molar-refractivity contribution in [2.45, 2.75) is 12.1 Å². The maximum atomic E-state index is 13.9. The minimum absolute atomic E-state index is 0.0616. The monoisotopic (exact) mass is 490 g/mol. The van der Waals surface area contributed by atoms with Gasteiger partial charge in [0.25, 0.3) is 11.6 Å². The van der Waals surface area contributed by atoms with Gasteiger partial charge in [-0.05, 0) is 47.5 Å². The Morgan fingerprint density at radius 3 is 1.94 bits per heavy atom. The van der Waals surface area contributed by atoms with E-state index < -0.39 is 40.5 Å². The van der Waals surface area contributed by atoms with Crippen molar-refractivity contribution in [1.29, 1.82) is 0 Å². The Balaban J connectivity index is 1.80. The maximum Gasteiger partial charge on any atom is 0.325 e. The van der Waals surface area contributed by atoms with Crippen molar-refractivity contribution in [3.8, 4) is 11.5 Å². The number of carbonyl (C=O) groups excluding carboxylic acids is 3. The first kappa shape index (κ1) is 24.2. The lowest BCUT2D eigenvalue weighted by atomic mass is 9.82. The van der Waals surface area contributed by atoms with Gasteiger partial charge in [-0.15, -0.1) is 0 Å². The number of carbonyl (C=O) groups is 3. The first-order valence-corrected chi connectivity index (χ1v) is 10.7. The SMILES string of the molecule is COc1ccc(C2(c3ccc(OC)cc3)NC(=O)N(Cc3ccc(C(N)=O)cc3[N+](=O)[O-])C2=O)cc1. The number of urea groups is 1. The molecule has 0 bridgehead atoms. The molecular formula is C25H22N4O7. The molecule has 1 saturated heterocycles. The number of rotatable bonds is 8. The average Bonchev–Trinajstić information content (AvgIpc) is 3.14. The van der Waals surface area contributed by atoms with Gasteiger partial charge in [0.1, 0.15) is 11.5 Å². The molecule has 1 aliphatic heterocycles. The van der Waals surface area contributed by atoms with Crippen molar-refractivity contribution >= 4 is 23.5 Å². The highest BCUT2D eigenvalue weighted by Gasteiger charge is 2.54. The van der Waals surface area contributed by atoms with E-state index in [0.717, 1.165) is 11.0 Å². The number of nitro groups is 1. The van der Waals surface area contributed by atoms with Gasteiger partial charge < -0.3 is 20.5 Å². The van der Waals surface area contributed by atoms with Crippen LogP contribution in [0.2, 0.25) is 0 Å². The summed E-state index contributed by atoms with van der Waals surface area (Å²) in [6.45, 7) is -0.395. The molecule has 0 aliphatic carbocycles. The number of methoxy groups -OCH3 is 2. The van der Waals surface area contributed by atoms with Crippen LogP contribution in [0.15, 0.2) is 66.7 Å². The van der Waals surface area contributed by atoms with Crippen LogP contribution in [0.3, 0.4) is 0 Å². The van der Waals surface area contributed by atoms with Gasteiger partial charge in [-0.3, -0.25) is 24.6 Å². The summed E-state index contributed by atoms with van der Waals surface area (Å²) in [5.41, 5.74) is 4.14. The molecule has 0 unspecified atom stereocenters. The van der Waals surface area contributed by atoms with Gasteiger partial charge in [-0.2, -0.15) is 0 Å². The first-order chi connectivity index (χ1) is 17.2. The second kappa shape index (κ2) is 9.37. The third-order valence-corrected chi connectivity index (χ3v) is 6.05. The molecule has 0 aromatic heterocycles. The molecule has 3 aromatic carbocycles. The number of imide groups is 1. The van der Waals surface area contributed by atoms with Crippen LogP contribution in [0.4, 0.5) is 10.5 Å². The van der Waals surface area contributed by atoms with Crippen LogP contribution in [0.5, 0.6) is 11.5 Å². The summed E-state index contributed by atoms with van der Waals surface area (Å²) in [4.78, 5) is 50.4. The van der Waals surface area contributed by atoms with E-state index in [9.17, 15) is 24.5 Å². The summed E-state index contributed by atoms with van der Waals surface area (Å²) in [5.74, 6) is -0.348. The van der Waals surface area contributed by atoms with E-state index in [2.05, 4.69) is 5.32 Å². The van der Waals surface area contributed by atoms with Gasteiger partial charge in [0.2, 0.25) is 5.91 Å². The van der Waals surface area contributed by atoms with Crippen LogP contribution in [-0.2, 0) is 16.9 Å². The smallest absolute Gasteiger partial charge is 0.325 e. The molecule has 184 valence electrons. The molecule has 1 heterocycles. The predicted octanol–water partition coefficient (Wildman–Crippen LogP) is 2.71. The fourth-order valence-corrected chi connectivity index (χ4v) is 4.15. The number of amides is 4. The van der Waals surface area contributed by atoms with Gasteiger partial charge in [0.15, 0.2) is 5.54 Å². The van der Waals surface area contributed by atoms with E-state index in [1.165, 1.54) is 26.4 Å². The van der Waals surface area contributed by atoms with E-state index in [1.807, 2.05) is 0 Å². The zero-order valence-corrected chi connectivity index (χ0v) is 19.4. The van der Waals surface area contributed by atoms with E-state index in [0.29, 0.717) is 22.6 Å². The van der Waals surface area contributed by atoms with Crippen LogP contribution < -0.4 is 20.5 Å². The fraction of sp³-hybridized carbons (Fsp3) is 0.160. The number of nitrogens with one attached hydrogen (secondary N) is 1. The quantitative estimate of drug-likeness (QED) is 0.279. The molecule has 0 atom stereocenters. The number of nitro benzene ring substituents is 1. The summed E-state index contributed by atoms with van der Waals surface area (Å²) in [5, 5.41) is 14.4. The molecule has 36 heavy (non-hydrogen) atoms. The second-order valence-corrected chi connectivity index (χ2v) is 7.99. The summed E-state index contributed by atoms with van der Waals surface area (Å²) in [6, 6.07) is 16.2. The van der Waals surface area contributed by atoms with Crippen LogP contribution in [0.25, 0.3) is 0 Å². The summed E-state index contributed by atoms with van der Waals surface area (Å²) < 4.78 is 10.4. The lowest BCUT2D eigenvalue weighted by Gasteiger charge is -2.28. The molecular weight excluding hydrogens is 468 g/mol. The van der Waals surface area contributed by atoms with Gasteiger partial charge in [-0.1, -0.05) is 24.3 Å². The van der Waals surface area contributed by atoms with Crippen LogP contribution in [-0.4, -0.2) is 41.9 Å². The number of hydrogen-bond acceptors (Lipinski definition) is 7. The Bertz CT molecular complexity index is 1310. The molecule has 4 amide bonds. The minimum Gasteiger partial charge on any atom is -0.497 e. The molecule has 3 aromatic rings. The van der Waals surface area contributed by atoms with Crippen molar-refractivity contribution < 1.29 is 28.8 Å². The lowest BCUT2D eigenvalue weighted by molar-refractivity contribution is -0.385. The molecule has 3 N–H and O–H groups in total. The number of ether oxygens (including phenoxy) is 2. The number of primary amides is 1. The maximum absolute atomic E-state index is 13.9. The zero-order chi connectivity index (χ0) is 26.0. The molecule has 0 spiro atoms. The third-order valence-electron chi connectivity index (χ3n) is 6.05. The molecule has 0 radical (unpaired) electrons. The van der Waals surface area contributed by atoms with E-state index in [1.54, 1.807) is 48.5 Å². The molecule has 11 nitrogen and oxygen atoms in total. The Labute approximate surface area is 205 Å². The number of nitrogens with zero attached hydrogens (tertiary/aromatic N) is 2. The number of nitrogens with two attached hydrogens (primary N) is 1. The van der Waals surface area contributed by atoms with Crippen LogP contribution >= 0.6 is 0 Å². The molecule has 0 saturated carbocycles. The predicted molar refractivity (Wildman–Crippen MR) is 127 cm³/mol. The van der Waals surface area contributed by atoms with Crippen molar-refractivity contribution in [3.05, 3.63) is 99.1 Å². The van der Waals surface area contributed by atoms with Gasteiger partial charge in [0.05, 0.1) is 25.7 Å². The highest BCUT2D eigenvalue weighted by molar-refractivity contribution is 6.09. The van der Waals surface area contributed by atoms with Gasteiger partial charge in [-0.25, -0.2) is 4.79 Å². The fourth-order valence-electron chi connectivity index (χ4n) is 4.15. The van der Waals surface area contributed by atoms with Crippen LogP contribution in [0.1, 0.15) is 27.0 Å². The van der Waals surface area contributed by atoms with Crippen molar-refractivity contribution in [3.63, 3.8) is 0 Å². The largest absolute Gasteiger partial charge is 0.497 e. The summed E-state index contributed by atoms with van der Waals surface area (Å²) >= 11 is 0. The van der Waals surface area contributed by atoms with Crippen LogP contribution in [0, 0.1) is 10.1 Å². The zero-order valence-electron chi connectivity index (χ0n) is 19.4. The van der Waals surface area contributed by atoms with Crippen molar-refractivity contribution in [2.75, 3.05) is 14.2 Å². The normalized spacial score (nSPS) is 14.3. The topological polar surface area (TPSA) is 154 Å². The van der Waals surface area contributed by atoms with E-state index >= 15 is 0 Å². The molecule has 1 fully saturated rings.